The van der Waals surface area contributed by atoms with Crippen molar-refractivity contribution in [1.82, 2.24) is 24.8 Å². The van der Waals surface area contributed by atoms with E-state index in [2.05, 4.69) is 25.6 Å². The maximum Gasteiger partial charge on any atom is 0.299 e. The maximum absolute atomic E-state index is 13.3. The highest BCUT2D eigenvalue weighted by atomic mass is 16.1. The van der Waals surface area contributed by atoms with Crippen LogP contribution in [0.2, 0.25) is 0 Å². The molecule has 9 nitrogen and oxygen atoms in total. The molecule has 0 saturated carbocycles. The second kappa shape index (κ2) is 9.38. The quantitative estimate of drug-likeness (QED) is 0.533. The minimum atomic E-state index is -0.347. The van der Waals surface area contributed by atoms with E-state index in [1.54, 1.807) is 45.6 Å². The summed E-state index contributed by atoms with van der Waals surface area (Å²) < 4.78 is 1.44. The van der Waals surface area contributed by atoms with Gasteiger partial charge in [-0.25, -0.2) is 9.97 Å². The van der Waals surface area contributed by atoms with E-state index in [0.29, 0.717) is 28.5 Å². The molecule has 3 heterocycles. The van der Waals surface area contributed by atoms with Crippen molar-refractivity contribution in [2.24, 2.45) is 0 Å². The lowest BCUT2D eigenvalue weighted by molar-refractivity contribution is -0.119. The zero-order valence-corrected chi connectivity index (χ0v) is 18.1. The van der Waals surface area contributed by atoms with Crippen molar-refractivity contribution in [3.63, 3.8) is 0 Å². The number of nitrogens with zero attached hydrogens (tertiary/aromatic N) is 4. The van der Waals surface area contributed by atoms with Gasteiger partial charge in [0.05, 0.1) is 18.2 Å². The highest BCUT2D eigenvalue weighted by Crippen LogP contribution is 2.22. The number of amides is 1. The number of carbonyl (C=O) groups is 1. The van der Waals surface area contributed by atoms with Gasteiger partial charge < -0.3 is 16.4 Å². The maximum atomic E-state index is 13.3. The van der Waals surface area contributed by atoms with Gasteiger partial charge in [0, 0.05) is 37.0 Å². The molecule has 1 amide bonds. The van der Waals surface area contributed by atoms with Crippen LogP contribution in [0.5, 0.6) is 0 Å². The smallest absolute Gasteiger partial charge is 0.299 e. The normalized spacial score (nSPS) is 11.7. The third-order valence-corrected chi connectivity index (χ3v) is 5.11. The van der Waals surface area contributed by atoms with Crippen molar-refractivity contribution in [2.75, 3.05) is 18.1 Å². The number of hydrogen-bond acceptors (Lipinski definition) is 7. The van der Waals surface area contributed by atoms with E-state index in [9.17, 15) is 9.59 Å². The fourth-order valence-corrected chi connectivity index (χ4v) is 3.34. The molecule has 0 saturated heterocycles. The summed E-state index contributed by atoms with van der Waals surface area (Å²) in [5.74, 6) is 0.386. The Balaban J connectivity index is 2.02. The van der Waals surface area contributed by atoms with Crippen molar-refractivity contribution in [3.05, 3.63) is 69.7 Å². The number of carbonyl (C=O) groups excluding carboxylic acids is 1. The van der Waals surface area contributed by atoms with Crippen LogP contribution >= 0.6 is 0 Å². The molecule has 0 spiro atoms. The lowest BCUT2D eigenvalue weighted by Gasteiger charge is -2.19. The number of aryl methyl sites for hydroxylation is 2. The highest BCUT2D eigenvalue weighted by molar-refractivity contribution is 5.79. The minimum Gasteiger partial charge on any atom is -0.396 e. The van der Waals surface area contributed by atoms with Crippen LogP contribution in [0.1, 0.15) is 41.9 Å². The summed E-state index contributed by atoms with van der Waals surface area (Å²) in [5.41, 5.74) is 9.11. The highest BCUT2D eigenvalue weighted by Gasteiger charge is 2.18. The zero-order chi connectivity index (χ0) is 22.5. The van der Waals surface area contributed by atoms with Gasteiger partial charge in [0.2, 0.25) is 5.91 Å². The Morgan fingerprint density at radius 3 is 2.71 bits per heavy atom. The average molecular weight is 422 g/mol. The molecule has 1 atom stereocenters. The Morgan fingerprint density at radius 2 is 2.06 bits per heavy atom. The van der Waals surface area contributed by atoms with Crippen LogP contribution in [-0.2, 0) is 11.2 Å². The zero-order valence-electron chi connectivity index (χ0n) is 18.1. The molecule has 0 aliphatic heterocycles. The number of nitrogens with two attached hydrogens (primary N) is 1. The number of anilines is 2. The van der Waals surface area contributed by atoms with Crippen molar-refractivity contribution >= 4 is 17.4 Å². The molecule has 0 fully saturated rings. The van der Waals surface area contributed by atoms with Crippen LogP contribution in [0.15, 0.2) is 41.6 Å². The summed E-state index contributed by atoms with van der Waals surface area (Å²) in [4.78, 5) is 38.1. The van der Waals surface area contributed by atoms with Crippen LogP contribution in [0.25, 0.3) is 5.82 Å². The SMILES string of the molecule is CCC(Nc1ncc(C)n(-c2nc(C)c(CC(=O)NC)cc2N)c1=O)c1cccnc1. The van der Waals surface area contributed by atoms with Crippen molar-refractivity contribution < 1.29 is 4.79 Å². The van der Waals surface area contributed by atoms with Gasteiger partial charge in [0.25, 0.3) is 5.56 Å². The number of hydrogen-bond donors (Lipinski definition) is 3. The molecule has 3 aromatic rings. The van der Waals surface area contributed by atoms with Crippen LogP contribution < -0.4 is 21.9 Å². The second-order valence-corrected chi connectivity index (χ2v) is 7.28. The van der Waals surface area contributed by atoms with Gasteiger partial charge in [-0.2, -0.15) is 0 Å². The molecule has 1 unspecified atom stereocenters. The number of nitrogens with one attached hydrogen (secondary N) is 2. The summed E-state index contributed by atoms with van der Waals surface area (Å²) in [5, 5.41) is 5.81. The lowest BCUT2D eigenvalue weighted by atomic mass is 10.1. The number of likely N-dealkylation sites (N-methyl/N-ethyl adjacent to an activating group) is 1. The van der Waals surface area contributed by atoms with E-state index in [1.807, 2.05) is 19.1 Å². The third-order valence-electron chi connectivity index (χ3n) is 5.11. The summed E-state index contributed by atoms with van der Waals surface area (Å²) in [6.07, 6.45) is 5.99. The van der Waals surface area contributed by atoms with E-state index in [0.717, 1.165) is 12.0 Å². The summed E-state index contributed by atoms with van der Waals surface area (Å²) in [7, 11) is 1.58. The van der Waals surface area contributed by atoms with Crippen LogP contribution in [-0.4, -0.2) is 32.5 Å². The first-order valence-corrected chi connectivity index (χ1v) is 10.1. The Morgan fingerprint density at radius 1 is 1.29 bits per heavy atom. The summed E-state index contributed by atoms with van der Waals surface area (Å²) in [6.45, 7) is 5.58. The third kappa shape index (κ3) is 4.71. The summed E-state index contributed by atoms with van der Waals surface area (Å²) in [6, 6.07) is 5.38. The van der Waals surface area contributed by atoms with Gasteiger partial charge in [0.1, 0.15) is 0 Å². The number of nitrogen functional groups attached to an aromatic ring is 1. The Kier molecular flexibility index (Phi) is 6.64. The standard InChI is InChI=1S/C22H27N7O2/c1-5-18(15-7-6-8-25-12-15)28-20-22(31)29(13(2)11-26-20)21-17(23)9-16(14(3)27-21)10-19(30)24-4/h6-9,11-12,18H,5,10,23H2,1-4H3,(H,24,30)(H,26,28). The molecular weight excluding hydrogens is 394 g/mol. The number of aromatic nitrogens is 4. The first-order valence-electron chi connectivity index (χ1n) is 10.1. The lowest BCUT2D eigenvalue weighted by Crippen LogP contribution is -2.28. The van der Waals surface area contributed by atoms with Gasteiger partial charge in [0.15, 0.2) is 11.6 Å². The first-order chi connectivity index (χ1) is 14.8. The van der Waals surface area contributed by atoms with Gasteiger partial charge >= 0.3 is 0 Å². The van der Waals surface area contributed by atoms with Gasteiger partial charge in [-0.1, -0.05) is 13.0 Å². The van der Waals surface area contributed by atoms with Gasteiger partial charge in [-0.15, -0.1) is 0 Å². The molecule has 162 valence electrons. The molecule has 4 N–H and O–H groups in total. The Labute approximate surface area is 180 Å². The van der Waals surface area contributed by atoms with Gasteiger partial charge in [-0.3, -0.25) is 19.1 Å². The molecule has 0 radical (unpaired) electrons. The molecule has 31 heavy (non-hydrogen) atoms. The molecular formula is C22H27N7O2. The minimum absolute atomic E-state index is 0.118. The van der Waals surface area contributed by atoms with Crippen LogP contribution in [0.3, 0.4) is 0 Å². The second-order valence-electron chi connectivity index (χ2n) is 7.28. The molecule has 0 aromatic carbocycles. The van der Waals surface area contributed by atoms with Crippen LogP contribution in [0.4, 0.5) is 11.5 Å². The van der Waals surface area contributed by atoms with Crippen molar-refractivity contribution in [1.29, 1.82) is 0 Å². The fourth-order valence-electron chi connectivity index (χ4n) is 3.34. The predicted octanol–water partition coefficient (Wildman–Crippen LogP) is 2.07. The van der Waals surface area contributed by atoms with Crippen molar-refractivity contribution in [2.45, 2.75) is 39.7 Å². The van der Waals surface area contributed by atoms with E-state index >= 15 is 0 Å². The first kappa shape index (κ1) is 21.9. The van der Waals surface area contributed by atoms with Crippen LogP contribution in [0, 0.1) is 13.8 Å². The molecule has 0 bridgehead atoms. The topological polar surface area (TPSA) is 128 Å². The monoisotopic (exact) mass is 421 g/mol. The molecule has 3 rings (SSSR count). The van der Waals surface area contributed by atoms with Crippen molar-refractivity contribution in [3.8, 4) is 5.82 Å². The molecule has 3 aromatic heterocycles. The van der Waals surface area contributed by atoms with Gasteiger partial charge in [-0.05, 0) is 43.5 Å². The van der Waals surface area contributed by atoms with E-state index in [1.165, 1.54) is 4.57 Å². The Bertz CT molecular complexity index is 1140. The fraction of sp³-hybridized carbons (Fsp3) is 0.318. The summed E-state index contributed by atoms with van der Waals surface area (Å²) >= 11 is 0. The Hall–Kier alpha value is -3.75. The number of rotatable bonds is 7. The average Bonchev–Trinajstić information content (AvgIpc) is 2.77. The molecule has 9 heteroatoms. The molecule has 0 aliphatic carbocycles. The predicted molar refractivity (Wildman–Crippen MR) is 120 cm³/mol. The number of pyridine rings is 2. The largest absolute Gasteiger partial charge is 0.396 e. The molecule has 0 aliphatic rings. The van der Waals surface area contributed by atoms with E-state index in [4.69, 9.17) is 5.73 Å². The van der Waals surface area contributed by atoms with E-state index in [-0.39, 0.29) is 29.7 Å². The van der Waals surface area contributed by atoms with E-state index < -0.39 is 0 Å².